The van der Waals surface area contributed by atoms with E-state index < -0.39 is 12.0 Å². The molecule has 0 aliphatic carbocycles. The molecule has 0 saturated heterocycles. The van der Waals surface area contributed by atoms with Gasteiger partial charge in [-0.15, -0.1) is 0 Å². The average molecular weight is 299 g/mol. The maximum absolute atomic E-state index is 11.0. The van der Waals surface area contributed by atoms with E-state index in [1.807, 2.05) is 54.6 Å². The lowest BCUT2D eigenvalue weighted by molar-refractivity contribution is -0.123. The summed E-state index contributed by atoms with van der Waals surface area (Å²) in [6.07, 6.45) is 0.152. The number of benzene rings is 2. The molecule has 0 radical (unpaired) electrons. The summed E-state index contributed by atoms with van der Waals surface area (Å²) in [5.74, 6) is 0.170. The van der Waals surface area contributed by atoms with Gasteiger partial charge in [-0.25, -0.2) is 0 Å². The summed E-state index contributed by atoms with van der Waals surface area (Å²) in [4.78, 5) is 11.0. The molecule has 0 fully saturated rings. The van der Waals surface area contributed by atoms with Crippen molar-refractivity contribution in [2.75, 3.05) is 6.61 Å². The summed E-state index contributed by atoms with van der Waals surface area (Å²) < 4.78 is 11.1. The van der Waals surface area contributed by atoms with Crippen LogP contribution < -0.4 is 10.5 Å². The average Bonchev–Trinajstić information content (AvgIpc) is 2.53. The summed E-state index contributed by atoms with van der Waals surface area (Å²) in [7, 11) is 0. The molecule has 0 aromatic heterocycles. The van der Waals surface area contributed by atoms with E-state index in [1.54, 1.807) is 6.92 Å². The number of nitrogens with two attached hydrogens (primary N) is 1. The first-order valence-corrected chi connectivity index (χ1v) is 7.32. The summed E-state index contributed by atoms with van der Waals surface area (Å²) in [5, 5.41) is 0. The minimum Gasteiger partial charge on any atom is -0.481 e. The fraction of sp³-hybridized carbons (Fsp3) is 0.278. The van der Waals surface area contributed by atoms with Crippen LogP contribution in [-0.2, 0) is 22.6 Å². The van der Waals surface area contributed by atoms with Gasteiger partial charge in [-0.2, -0.15) is 0 Å². The minimum atomic E-state index is -0.635. The van der Waals surface area contributed by atoms with Crippen LogP contribution in [0.2, 0.25) is 0 Å². The Morgan fingerprint density at radius 3 is 2.55 bits per heavy atom. The Morgan fingerprint density at radius 2 is 1.82 bits per heavy atom. The lowest BCUT2D eigenvalue weighted by Gasteiger charge is -2.12. The van der Waals surface area contributed by atoms with Gasteiger partial charge in [0.05, 0.1) is 13.2 Å². The highest BCUT2D eigenvalue weighted by Gasteiger charge is 2.10. The number of hydrogen-bond donors (Lipinski definition) is 1. The van der Waals surface area contributed by atoms with Crippen molar-refractivity contribution in [2.45, 2.75) is 26.1 Å². The van der Waals surface area contributed by atoms with Crippen molar-refractivity contribution in [2.24, 2.45) is 5.73 Å². The van der Waals surface area contributed by atoms with Gasteiger partial charge in [-0.3, -0.25) is 4.79 Å². The van der Waals surface area contributed by atoms with E-state index in [0.29, 0.717) is 19.0 Å². The van der Waals surface area contributed by atoms with Gasteiger partial charge in [0.2, 0.25) is 0 Å². The third kappa shape index (κ3) is 5.22. The molecule has 116 valence electrons. The molecule has 2 rings (SSSR count). The Labute approximate surface area is 130 Å². The quantitative estimate of drug-likeness (QED) is 0.762. The highest BCUT2D eigenvalue weighted by Crippen LogP contribution is 2.15. The normalized spacial score (nSPS) is 11.9. The van der Waals surface area contributed by atoms with E-state index in [1.165, 1.54) is 0 Å². The summed E-state index contributed by atoms with van der Waals surface area (Å²) in [5.41, 5.74) is 7.45. The van der Waals surface area contributed by atoms with Crippen LogP contribution in [0.1, 0.15) is 18.1 Å². The van der Waals surface area contributed by atoms with E-state index in [2.05, 4.69) is 0 Å². The first kappa shape index (κ1) is 16.0. The molecule has 2 N–H and O–H groups in total. The zero-order chi connectivity index (χ0) is 15.8. The smallest absolute Gasteiger partial charge is 0.258 e. The van der Waals surface area contributed by atoms with E-state index in [9.17, 15) is 4.79 Å². The maximum atomic E-state index is 11.0. The fourth-order valence-electron chi connectivity index (χ4n) is 1.99. The Kier molecular flexibility index (Phi) is 5.98. The molecule has 1 atom stereocenters. The van der Waals surface area contributed by atoms with Crippen LogP contribution >= 0.6 is 0 Å². The van der Waals surface area contributed by atoms with Crippen LogP contribution in [0, 0.1) is 0 Å². The molecule has 0 bridgehead atoms. The fourth-order valence-corrected chi connectivity index (χ4v) is 1.99. The van der Waals surface area contributed by atoms with E-state index in [4.69, 9.17) is 15.2 Å². The number of ether oxygens (including phenoxy) is 2. The van der Waals surface area contributed by atoms with Crippen molar-refractivity contribution in [1.82, 2.24) is 0 Å². The number of hydrogen-bond acceptors (Lipinski definition) is 3. The first-order chi connectivity index (χ1) is 10.6. The van der Waals surface area contributed by atoms with Crippen molar-refractivity contribution in [1.29, 1.82) is 0 Å². The highest BCUT2D eigenvalue weighted by molar-refractivity contribution is 5.78. The summed E-state index contributed by atoms with van der Waals surface area (Å²) in [6.45, 7) is 2.87. The number of rotatable bonds is 8. The number of amides is 1. The lowest BCUT2D eigenvalue weighted by Crippen LogP contribution is -2.30. The molecule has 0 saturated carbocycles. The number of carbonyl (C=O) groups excluding carboxylic acids is 1. The summed E-state index contributed by atoms with van der Waals surface area (Å²) in [6, 6.07) is 17.7. The number of primary amides is 1. The molecular formula is C18H21NO3. The first-order valence-electron chi connectivity index (χ1n) is 7.32. The number of carbonyl (C=O) groups is 1. The third-order valence-corrected chi connectivity index (χ3v) is 3.26. The maximum Gasteiger partial charge on any atom is 0.258 e. The summed E-state index contributed by atoms with van der Waals surface area (Å²) >= 11 is 0. The van der Waals surface area contributed by atoms with Crippen LogP contribution in [0.15, 0.2) is 54.6 Å². The predicted molar refractivity (Wildman–Crippen MR) is 85.5 cm³/mol. The molecule has 0 heterocycles. The van der Waals surface area contributed by atoms with Gasteiger partial charge in [0.15, 0.2) is 6.10 Å². The van der Waals surface area contributed by atoms with Gasteiger partial charge in [0.25, 0.3) is 5.91 Å². The molecule has 0 aliphatic heterocycles. The Bertz CT molecular complexity index is 598. The monoisotopic (exact) mass is 299 g/mol. The molecule has 0 spiro atoms. The topological polar surface area (TPSA) is 61.6 Å². The second-order valence-electron chi connectivity index (χ2n) is 5.10. The third-order valence-electron chi connectivity index (χ3n) is 3.26. The predicted octanol–water partition coefficient (Wildman–Crippen LogP) is 2.70. The van der Waals surface area contributed by atoms with Crippen LogP contribution in [-0.4, -0.2) is 18.6 Å². The molecule has 1 amide bonds. The molecule has 2 aromatic carbocycles. The van der Waals surface area contributed by atoms with Crippen molar-refractivity contribution in [3.8, 4) is 5.75 Å². The molecule has 0 aliphatic rings. The Balaban J connectivity index is 1.79. The molecule has 2 aromatic rings. The van der Waals surface area contributed by atoms with Crippen molar-refractivity contribution >= 4 is 5.91 Å². The standard InChI is InChI=1S/C18H21NO3/c1-14(18(19)20)22-17-9-5-8-15(12-17)10-11-21-13-16-6-3-2-4-7-16/h2-9,12,14H,10-11,13H2,1H3,(H2,19,20). The minimum absolute atomic E-state index is 0.475. The second-order valence-corrected chi connectivity index (χ2v) is 5.10. The van der Waals surface area contributed by atoms with Gasteiger partial charge >= 0.3 is 0 Å². The molecular weight excluding hydrogens is 278 g/mol. The second kappa shape index (κ2) is 8.20. The van der Waals surface area contributed by atoms with Crippen molar-refractivity contribution in [3.63, 3.8) is 0 Å². The highest BCUT2D eigenvalue weighted by atomic mass is 16.5. The van der Waals surface area contributed by atoms with Gasteiger partial charge in [-0.05, 0) is 36.6 Å². The Morgan fingerprint density at radius 1 is 1.09 bits per heavy atom. The van der Waals surface area contributed by atoms with Crippen molar-refractivity contribution < 1.29 is 14.3 Å². The van der Waals surface area contributed by atoms with Crippen LogP contribution in [0.5, 0.6) is 5.75 Å². The lowest BCUT2D eigenvalue weighted by atomic mass is 10.1. The van der Waals surface area contributed by atoms with E-state index >= 15 is 0 Å². The van der Waals surface area contributed by atoms with Gasteiger partial charge in [0.1, 0.15) is 5.75 Å². The molecule has 22 heavy (non-hydrogen) atoms. The molecule has 4 heteroatoms. The van der Waals surface area contributed by atoms with Gasteiger partial charge in [-0.1, -0.05) is 42.5 Å². The zero-order valence-electron chi connectivity index (χ0n) is 12.7. The van der Waals surface area contributed by atoms with Crippen LogP contribution in [0.4, 0.5) is 0 Å². The Hall–Kier alpha value is -2.33. The van der Waals surface area contributed by atoms with E-state index in [-0.39, 0.29) is 0 Å². The SMILES string of the molecule is CC(Oc1cccc(CCOCc2ccccc2)c1)C(N)=O. The van der Waals surface area contributed by atoms with Gasteiger partial charge in [0, 0.05) is 0 Å². The van der Waals surface area contributed by atoms with Crippen molar-refractivity contribution in [3.05, 3.63) is 65.7 Å². The molecule has 1 unspecified atom stereocenters. The van der Waals surface area contributed by atoms with E-state index in [0.717, 1.165) is 17.5 Å². The van der Waals surface area contributed by atoms with Crippen LogP contribution in [0.25, 0.3) is 0 Å². The van der Waals surface area contributed by atoms with Gasteiger partial charge < -0.3 is 15.2 Å². The van der Waals surface area contributed by atoms with Crippen LogP contribution in [0.3, 0.4) is 0 Å². The molecule has 4 nitrogen and oxygen atoms in total. The zero-order valence-corrected chi connectivity index (χ0v) is 12.7. The largest absolute Gasteiger partial charge is 0.481 e.